The molecule has 1 N–H and O–H groups in total. The van der Waals surface area contributed by atoms with Gasteiger partial charge in [0.25, 0.3) is 0 Å². The molecule has 0 atom stereocenters. The fourth-order valence-corrected chi connectivity index (χ4v) is 2.36. The molecule has 0 amide bonds. The fraction of sp³-hybridized carbons (Fsp3) is 0.286. The Balaban J connectivity index is 1.98. The van der Waals surface area contributed by atoms with Gasteiger partial charge in [-0.25, -0.2) is 0 Å². The van der Waals surface area contributed by atoms with Crippen LogP contribution in [0.1, 0.15) is 34.1 Å². The van der Waals surface area contributed by atoms with Gasteiger partial charge >= 0.3 is 0 Å². The first-order valence-electron chi connectivity index (χ1n) is 6.18. The van der Waals surface area contributed by atoms with Crippen molar-refractivity contribution >= 4 is 5.78 Å². The van der Waals surface area contributed by atoms with Gasteiger partial charge in [-0.15, -0.1) is 0 Å². The molecule has 4 heteroatoms. The molecule has 0 radical (unpaired) electrons. The summed E-state index contributed by atoms with van der Waals surface area (Å²) in [4.78, 5) is 12.4. The van der Waals surface area contributed by atoms with Gasteiger partial charge in [-0.2, -0.15) is 5.10 Å². The highest BCUT2D eigenvalue weighted by atomic mass is 16.1. The van der Waals surface area contributed by atoms with Crippen molar-refractivity contribution in [1.82, 2.24) is 15.1 Å². The zero-order valence-electron chi connectivity index (χ0n) is 10.3. The highest BCUT2D eigenvalue weighted by Crippen LogP contribution is 2.19. The number of aromatic nitrogens is 2. The van der Waals surface area contributed by atoms with Crippen LogP contribution in [0.15, 0.2) is 30.5 Å². The lowest BCUT2D eigenvalue weighted by Crippen LogP contribution is -2.10. The van der Waals surface area contributed by atoms with Crippen LogP contribution in [-0.2, 0) is 19.6 Å². The van der Waals surface area contributed by atoms with E-state index >= 15 is 0 Å². The number of aryl methyl sites for hydroxylation is 1. The van der Waals surface area contributed by atoms with Crippen molar-refractivity contribution < 1.29 is 4.79 Å². The smallest absolute Gasteiger partial charge is 0.211 e. The van der Waals surface area contributed by atoms with Crippen molar-refractivity contribution in [3.63, 3.8) is 0 Å². The Labute approximate surface area is 106 Å². The van der Waals surface area contributed by atoms with E-state index in [1.807, 2.05) is 25.1 Å². The molecule has 1 aromatic carbocycles. The summed E-state index contributed by atoms with van der Waals surface area (Å²) in [6, 6.07) is 7.71. The van der Waals surface area contributed by atoms with Gasteiger partial charge in [-0.3, -0.25) is 9.48 Å². The number of carbonyl (C=O) groups is 1. The summed E-state index contributed by atoms with van der Waals surface area (Å²) in [6.45, 7) is 4.44. The molecular formula is C14H15N3O. The molecule has 2 heterocycles. The topological polar surface area (TPSA) is 46.9 Å². The minimum absolute atomic E-state index is 0.0454. The van der Waals surface area contributed by atoms with Gasteiger partial charge in [-0.1, -0.05) is 12.1 Å². The molecule has 0 saturated heterocycles. The van der Waals surface area contributed by atoms with E-state index in [4.69, 9.17) is 0 Å². The minimum atomic E-state index is 0.0454. The molecule has 0 unspecified atom stereocenters. The molecule has 2 aromatic rings. The Morgan fingerprint density at radius 2 is 2.17 bits per heavy atom. The average Bonchev–Trinajstić information content (AvgIpc) is 3.05. The third-order valence-corrected chi connectivity index (χ3v) is 3.35. The molecule has 3 rings (SSSR count). The SMILES string of the molecule is CCn1nccc1C(=O)c1ccc2c(c1)CNC2. The van der Waals surface area contributed by atoms with Gasteiger partial charge in [0.1, 0.15) is 5.69 Å². The van der Waals surface area contributed by atoms with Crippen LogP contribution in [0, 0.1) is 0 Å². The van der Waals surface area contributed by atoms with E-state index in [-0.39, 0.29) is 5.78 Å². The van der Waals surface area contributed by atoms with Gasteiger partial charge in [0.2, 0.25) is 5.78 Å². The molecule has 0 fully saturated rings. The lowest BCUT2D eigenvalue weighted by atomic mass is 10.0. The summed E-state index contributed by atoms with van der Waals surface area (Å²) < 4.78 is 1.73. The number of benzene rings is 1. The summed E-state index contributed by atoms with van der Waals surface area (Å²) in [7, 11) is 0. The lowest BCUT2D eigenvalue weighted by molar-refractivity contribution is 0.102. The van der Waals surface area contributed by atoms with Crippen molar-refractivity contribution in [3.05, 3.63) is 52.8 Å². The van der Waals surface area contributed by atoms with Crippen LogP contribution in [-0.4, -0.2) is 15.6 Å². The summed E-state index contributed by atoms with van der Waals surface area (Å²) >= 11 is 0. The van der Waals surface area contributed by atoms with E-state index in [2.05, 4.69) is 10.4 Å². The molecule has 4 nitrogen and oxygen atoms in total. The van der Waals surface area contributed by atoms with E-state index in [0.717, 1.165) is 18.7 Å². The van der Waals surface area contributed by atoms with Gasteiger partial charge in [-0.05, 0) is 30.2 Å². The van der Waals surface area contributed by atoms with Crippen LogP contribution in [0.25, 0.3) is 0 Å². The van der Waals surface area contributed by atoms with E-state index in [0.29, 0.717) is 12.2 Å². The molecule has 0 aliphatic carbocycles. The molecule has 1 aliphatic rings. The third-order valence-electron chi connectivity index (χ3n) is 3.35. The van der Waals surface area contributed by atoms with Crippen LogP contribution >= 0.6 is 0 Å². The molecular weight excluding hydrogens is 226 g/mol. The second-order valence-corrected chi connectivity index (χ2v) is 4.45. The number of rotatable bonds is 3. The minimum Gasteiger partial charge on any atom is -0.309 e. The van der Waals surface area contributed by atoms with Crippen molar-refractivity contribution in [3.8, 4) is 0 Å². The zero-order valence-corrected chi connectivity index (χ0v) is 10.3. The highest BCUT2D eigenvalue weighted by Gasteiger charge is 2.17. The second kappa shape index (κ2) is 4.38. The summed E-state index contributed by atoms with van der Waals surface area (Å²) in [5, 5.41) is 7.42. The predicted molar refractivity (Wildman–Crippen MR) is 68.3 cm³/mol. The Morgan fingerprint density at radius 3 is 3.00 bits per heavy atom. The number of nitrogens with one attached hydrogen (secondary N) is 1. The Bertz CT molecular complexity index is 601. The summed E-state index contributed by atoms with van der Waals surface area (Å²) in [5.74, 6) is 0.0454. The van der Waals surface area contributed by atoms with Crippen LogP contribution in [0.2, 0.25) is 0 Å². The first-order valence-corrected chi connectivity index (χ1v) is 6.18. The monoisotopic (exact) mass is 241 g/mol. The Hall–Kier alpha value is -1.94. The Kier molecular flexibility index (Phi) is 2.72. The molecule has 0 spiro atoms. The highest BCUT2D eigenvalue weighted by molar-refractivity contribution is 6.08. The number of hydrogen-bond donors (Lipinski definition) is 1. The number of fused-ring (bicyclic) bond motifs is 1. The molecule has 18 heavy (non-hydrogen) atoms. The maximum absolute atomic E-state index is 12.4. The van der Waals surface area contributed by atoms with Crippen molar-refractivity contribution in [2.75, 3.05) is 0 Å². The second-order valence-electron chi connectivity index (χ2n) is 4.45. The van der Waals surface area contributed by atoms with Crippen molar-refractivity contribution in [2.24, 2.45) is 0 Å². The average molecular weight is 241 g/mol. The predicted octanol–water partition coefficient (Wildman–Crippen LogP) is 1.74. The van der Waals surface area contributed by atoms with Gasteiger partial charge < -0.3 is 5.32 Å². The van der Waals surface area contributed by atoms with Crippen LogP contribution < -0.4 is 5.32 Å². The zero-order chi connectivity index (χ0) is 12.5. The molecule has 0 bridgehead atoms. The number of ketones is 1. The molecule has 92 valence electrons. The first kappa shape index (κ1) is 11.2. The summed E-state index contributed by atoms with van der Waals surface area (Å²) in [5.41, 5.74) is 3.91. The van der Waals surface area contributed by atoms with Gasteiger partial charge in [0, 0.05) is 31.4 Å². The maximum atomic E-state index is 12.4. The molecule has 1 aromatic heterocycles. The maximum Gasteiger partial charge on any atom is 0.211 e. The van der Waals surface area contributed by atoms with Crippen LogP contribution in [0.4, 0.5) is 0 Å². The first-order chi connectivity index (χ1) is 8.79. The molecule has 0 saturated carbocycles. The van der Waals surface area contributed by atoms with E-state index < -0.39 is 0 Å². The lowest BCUT2D eigenvalue weighted by Gasteiger charge is -2.05. The van der Waals surface area contributed by atoms with Crippen molar-refractivity contribution in [2.45, 2.75) is 26.6 Å². The number of carbonyl (C=O) groups excluding carboxylic acids is 1. The van der Waals surface area contributed by atoms with Gasteiger partial charge in [0.05, 0.1) is 0 Å². The normalized spacial score (nSPS) is 13.6. The standard InChI is InChI=1S/C14H15N3O/c1-2-17-13(5-6-16-17)14(18)10-3-4-11-8-15-9-12(11)7-10/h3-7,15H,2,8-9H2,1H3. The fourth-order valence-electron chi connectivity index (χ4n) is 2.36. The number of nitrogens with zero attached hydrogens (tertiary/aromatic N) is 2. The third kappa shape index (κ3) is 1.75. The largest absolute Gasteiger partial charge is 0.309 e. The van der Waals surface area contributed by atoms with E-state index in [1.165, 1.54) is 11.1 Å². The van der Waals surface area contributed by atoms with Crippen molar-refractivity contribution in [1.29, 1.82) is 0 Å². The number of hydrogen-bond acceptors (Lipinski definition) is 3. The van der Waals surface area contributed by atoms with E-state index in [9.17, 15) is 4.79 Å². The van der Waals surface area contributed by atoms with E-state index in [1.54, 1.807) is 16.9 Å². The van der Waals surface area contributed by atoms with Crippen LogP contribution in [0.5, 0.6) is 0 Å². The summed E-state index contributed by atoms with van der Waals surface area (Å²) in [6.07, 6.45) is 1.67. The quantitative estimate of drug-likeness (QED) is 0.833. The van der Waals surface area contributed by atoms with Crippen LogP contribution in [0.3, 0.4) is 0 Å². The van der Waals surface area contributed by atoms with Gasteiger partial charge in [0.15, 0.2) is 0 Å². The Morgan fingerprint density at radius 1 is 1.33 bits per heavy atom. The molecule has 1 aliphatic heterocycles.